The molecule has 0 spiro atoms. The molecule has 0 aromatic heterocycles. The van der Waals surface area contributed by atoms with Crippen LogP contribution >= 0.6 is 0 Å². The average molecular weight is 226 g/mol. The number of hydrogen-bond acceptors (Lipinski definition) is 3. The quantitative estimate of drug-likeness (QED) is 0.698. The van der Waals surface area contributed by atoms with Crippen molar-refractivity contribution in [2.75, 3.05) is 0 Å². The van der Waals surface area contributed by atoms with Crippen molar-refractivity contribution in [1.29, 1.82) is 0 Å². The normalized spacial score (nSPS) is 24.2. The topological polar surface area (TPSA) is 50.7 Å². The molecule has 0 aromatic rings. The monoisotopic (exact) mass is 226 g/mol. The summed E-state index contributed by atoms with van der Waals surface area (Å²) in [5.41, 5.74) is 3.06. The summed E-state index contributed by atoms with van der Waals surface area (Å²) >= 11 is 0. The standard InChI is InChI=1S/C12H22N2O2/c1-9-6-5-7-10(8-9)13-14-11(15)16-12(2,3)4/h9H,5-8H2,1-4H3,(H,14,15)/b13-10-/t9-/m0/s1. The van der Waals surface area contributed by atoms with Gasteiger partial charge in [0.1, 0.15) is 5.60 Å². The summed E-state index contributed by atoms with van der Waals surface area (Å²) in [6.07, 6.45) is 3.91. The van der Waals surface area contributed by atoms with Crippen molar-refractivity contribution < 1.29 is 9.53 Å². The largest absolute Gasteiger partial charge is 0.443 e. The first-order valence-electron chi connectivity index (χ1n) is 5.91. The van der Waals surface area contributed by atoms with Gasteiger partial charge in [0.05, 0.1) is 0 Å². The second-order valence-electron chi connectivity index (χ2n) is 5.49. The molecular formula is C12H22N2O2. The van der Waals surface area contributed by atoms with E-state index in [-0.39, 0.29) is 0 Å². The summed E-state index contributed by atoms with van der Waals surface area (Å²) < 4.78 is 5.10. The van der Waals surface area contributed by atoms with Gasteiger partial charge in [0.25, 0.3) is 0 Å². The Bertz CT molecular complexity index is 279. The van der Waals surface area contributed by atoms with Crippen LogP contribution in [0.5, 0.6) is 0 Å². The number of nitrogens with zero attached hydrogens (tertiary/aromatic N) is 1. The van der Waals surface area contributed by atoms with Gasteiger partial charge in [-0.1, -0.05) is 6.92 Å². The van der Waals surface area contributed by atoms with Crippen molar-refractivity contribution in [3.63, 3.8) is 0 Å². The summed E-state index contributed by atoms with van der Waals surface area (Å²) in [6, 6.07) is 0. The number of amides is 1. The molecule has 1 N–H and O–H groups in total. The highest BCUT2D eigenvalue weighted by atomic mass is 16.6. The van der Waals surface area contributed by atoms with Crippen LogP contribution in [0.25, 0.3) is 0 Å². The summed E-state index contributed by atoms with van der Waals surface area (Å²) in [5.74, 6) is 0.674. The van der Waals surface area contributed by atoms with E-state index in [1.807, 2.05) is 20.8 Å². The van der Waals surface area contributed by atoms with Crippen molar-refractivity contribution in [1.82, 2.24) is 5.43 Å². The first-order valence-corrected chi connectivity index (χ1v) is 5.91. The van der Waals surface area contributed by atoms with Crippen LogP contribution in [0.4, 0.5) is 4.79 Å². The zero-order valence-corrected chi connectivity index (χ0v) is 10.7. The van der Waals surface area contributed by atoms with Crippen LogP contribution in [-0.2, 0) is 4.74 Å². The predicted molar refractivity (Wildman–Crippen MR) is 64.4 cm³/mol. The van der Waals surface area contributed by atoms with E-state index in [2.05, 4.69) is 17.5 Å². The van der Waals surface area contributed by atoms with Crippen LogP contribution < -0.4 is 5.43 Å². The highest BCUT2D eigenvalue weighted by molar-refractivity contribution is 5.86. The fourth-order valence-corrected chi connectivity index (χ4v) is 1.79. The summed E-state index contributed by atoms with van der Waals surface area (Å²) in [6.45, 7) is 7.72. The first kappa shape index (κ1) is 13.0. The molecule has 0 radical (unpaired) electrons. The summed E-state index contributed by atoms with van der Waals surface area (Å²) in [4.78, 5) is 11.3. The molecule has 4 nitrogen and oxygen atoms in total. The van der Waals surface area contributed by atoms with Gasteiger partial charge in [-0.05, 0) is 52.4 Å². The molecule has 1 amide bonds. The smallest absolute Gasteiger partial charge is 0.428 e. The third-order valence-electron chi connectivity index (χ3n) is 2.45. The molecular weight excluding hydrogens is 204 g/mol. The second-order valence-corrected chi connectivity index (χ2v) is 5.49. The van der Waals surface area contributed by atoms with Crippen LogP contribution in [0.3, 0.4) is 0 Å². The zero-order chi connectivity index (χ0) is 12.2. The number of hydrogen-bond donors (Lipinski definition) is 1. The van der Waals surface area contributed by atoms with E-state index in [4.69, 9.17) is 4.74 Å². The minimum atomic E-state index is -0.474. The molecule has 1 atom stereocenters. The third-order valence-corrected chi connectivity index (χ3v) is 2.45. The molecule has 1 saturated carbocycles. The van der Waals surface area contributed by atoms with Crippen molar-refractivity contribution in [2.45, 2.75) is 59.0 Å². The minimum absolute atomic E-state index is 0.468. The Morgan fingerprint density at radius 1 is 1.50 bits per heavy atom. The van der Waals surface area contributed by atoms with E-state index in [1.165, 1.54) is 6.42 Å². The molecule has 16 heavy (non-hydrogen) atoms. The lowest BCUT2D eigenvalue weighted by atomic mass is 9.89. The maximum Gasteiger partial charge on any atom is 0.428 e. The van der Waals surface area contributed by atoms with E-state index in [9.17, 15) is 4.79 Å². The lowest BCUT2D eigenvalue weighted by Gasteiger charge is -2.20. The molecule has 4 heteroatoms. The Morgan fingerprint density at radius 2 is 2.19 bits per heavy atom. The lowest BCUT2D eigenvalue weighted by Crippen LogP contribution is -2.30. The molecule has 0 bridgehead atoms. The van der Waals surface area contributed by atoms with E-state index in [0.29, 0.717) is 5.92 Å². The molecule has 1 rings (SSSR count). The Balaban J connectivity index is 2.37. The van der Waals surface area contributed by atoms with Crippen LogP contribution in [0.15, 0.2) is 5.10 Å². The Morgan fingerprint density at radius 3 is 2.75 bits per heavy atom. The minimum Gasteiger partial charge on any atom is -0.443 e. The van der Waals surface area contributed by atoms with Crippen LogP contribution in [0.1, 0.15) is 53.4 Å². The van der Waals surface area contributed by atoms with Gasteiger partial charge in [0.15, 0.2) is 0 Å². The van der Waals surface area contributed by atoms with Gasteiger partial charge < -0.3 is 4.74 Å². The molecule has 0 aromatic carbocycles. The number of carbonyl (C=O) groups excluding carboxylic acids is 1. The molecule has 1 fully saturated rings. The van der Waals surface area contributed by atoms with Crippen LogP contribution in [0.2, 0.25) is 0 Å². The molecule has 0 aliphatic heterocycles. The van der Waals surface area contributed by atoms with Gasteiger partial charge in [-0.2, -0.15) is 5.10 Å². The average Bonchev–Trinajstić information content (AvgIpc) is 2.12. The van der Waals surface area contributed by atoms with Crippen molar-refractivity contribution in [3.05, 3.63) is 0 Å². The van der Waals surface area contributed by atoms with E-state index in [1.54, 1.807) is 0 Å². The van der Waals surface area contributed by atoms with Crippen LogP contribution in [-0.4, -0.2) is 17.4 Å². The summed E-state index contributed by atoms with van der Waals surface area (Å²) in [7, 11) is 0. The molecule has 0 heterocycles. The fraction of sp³-hybridized carbons (Fsp3) is 0.833. The van der Waals surface area contributed by atoms with Gasteiger partial charge in [-0.3, -0.25) is 0 Å². The SMILES string of the molecule is C[C@H]1CCC/C(=N/NC(=O)OC(C)(C)C)C1. The molecule has 1 aliphatic carbocycles. The zero-order valence-electron chi connectivity index (χ0n) is 10.7. The third kappa shape index (κ3) is 5.14. The van der Waals surface area contributed by atoms with E-state index >= 15 is 0 Å². The second kappa shape index (κ2) is 5.32. The predicted octanol–water partition coefficient (Wildman–Crippen LogP) is 3.08. The van der Waals surface area contributed by atoms with Gasteiger partial charge >= 0.3 is 6.09 Å². The highest BCUT2D eigenvalue weighted by Crippen LogP contribution is 2.20. The van der Waals surface area contributed by atoms with Gasteiger partial charge in [-0.25, -0.2) is 10.2 Å². The highest BCUT2D eigenvalue weighted by Gasteiger charge is 2.17. The number of nitrogens with one attached hydrogen (secondary N) is 1. The molecule has 1 aliphatic rings. The fourth-order valence-electron chi connectivity index (χ4n) is 1.79. The molecule has 0 saturated heterocycles. The maximum absolute atomic E-state index is 11.3. The molecule has 0 unspecified atom stereocenters. The van der Waals surface area contributed by atoms with Gasteiger partial charge in [0.2, 0.25) is 0 Å². The summed E-state index contributed by atoms with van der Waals surface area (Å²) in [5, 5.41) is 4.11. The van der Waals surface area contributed by atoms with Gasteiger partial charge in [-0.15, -0.1) is 0 Å². The van der Waals surface area contributed by atoms with E-state index < -0.39 is 11.7 Å². The van der Waals surface area contributed by atoms with E-state index in [0.717, 1.165) is 25.0 Å². The number of hydrazone groups is 1. The van der Waals surface area contributed by atoms with Crippen molar-refractivity contribution >= 4 is 11.8 Å². The maximum atomic E-state index is 11.3. The first-order chi connectivity index (χ1) is 7.37. The van der Waals surface area contributed by atoms with Gasteiger partial charge in [0, 0.05) is 5.71 Å². The van der Waals surface area contributed by atoms with Crippen molar-refractivity contribution in [3.8, 4) is 0 Å². The lowest BCUT2D eigenvalue weighted by molar-refractivity contribution is 0.0529. The molecule has 92 valence electrons. The Hall–Kier alpha value is -1.06. The Kier molecular flexibility index (Phi) is 4.33. The number of carbonyl (C=O) groups is 1. The Labute approximate surface area is 97.4 Å². The number of rotatable bonds is 1. The van der Waals surface area contributed by atoms with Crippen molar-refractivity contribution in [2.24, 2.45) is 11.0 Å². The van der Waals surface area contributed by atoms with Crippen LogP contribution in [0, 0.1) is 5.92 Å². The number of ether oxygens (including phenoxy) is 1.